The molecule has 0 saturated heterocycles. The molecule has 0 radical (unpaired) electrons. The lowest BCUT2D eigenvalue weighted by Gasteiger charge is -2.19. The van der Waals surface area contributed by atoms with E-state index in [1.165, 1.54) is 0 Å². The Hall–Kier alpha value is -1.88. The minimum atomic E-state index is -3.40. The van der Waals surface area contributed by atoms with E-state index in [1.807, 2.05) is 45.0 Å². The average Bonchev–Trinajstić information content (AvgIpc) is 2.72. The Balaban J connectivity index is 1.99. The zero-order chi connectivity index (χ0) is 25.3. The predicted octanol–water partition coefficient (Wildman–Crippen LogP) is 3.70. The molecule has 0 aromatic heterocycles. The second-order valence-corrected chi connectivity index (χ2v) is 10.5. The van der Waals surface area contributed by atoms with Crippen LogP contribution in [0.15, 0.2) is 24.3 Å². The fourth-order valence-electron chi connectivity index (χ4n) is 2.80. The van der Waals surface area contributed by atoms with Crippen LogP contribution in [0, 0.1) is 0 Å². The first-order valence-electron chi connectivity index (χ1n) is 11.7. The zero-order valence-corrected chi connectivity index (χ0v) is 21.8. The third-order valence-corrected chi connectivity index (χ3v) is 4.88. The van der Waals surface area contributed by atoms with Crippen LogP contribution < -0.4 is 10.1 Å². The Bertz CT molecular complexity index is 792. The summed E-state index contributed by atoms with van der Waals surface area (Å²) in [5, 5.41) is 2.76. The summed E-state index contributed by atoms with van der Waals surface area (Å²) in [6.45, 7) is 8.76. The number of carbonyl (C=O) groups is 1. The summed E-state index contributed by atoms with van der Waals surface area (Å²) < 4.78 is 48.1. The van der Waals surface area contributed by atoms with Crippen LogP contribution >= 0.6 is 0 Å². The van der Waals surface area contributed by atoms with Crippen LogP contribution in [0.1, 0.15) is 52.0 Å². The van der Waals surface area contributed by atoms with Gasteiger partial charge in [0.1, 0.15) is 11.4 Å². The Labute approximate surface area is 204 Å². The third kappa shape index (κ3) is 18.5. The number of rotatable bonds is 18. The van der Waals surface area contributed by atoms with Crippen LogP contribution in [-0.2, 0) is 34.9 Å². The SMILES string of the molecule is CC(C)(C)OC(=O)NCCc1cccc(OCCCCCOCCCOCCOS(C)(=O)=O)c1. The first kappa shape index (κ1) is 30.2. The minimum absolute atomic E-state index is 0.0391. The van der Waals surface area contributed by atoms with E-state index in [9.17, 15) is 13.2 Å². The quantitative estimate of drug-likeness (QED) is 0.239. The van der Waals surface area contributed by atoms with Crippen molar-refractivity contribution in [2.45, 2.75) is 58.5 Å². The van der Waals surface area contributed by atoms with Gasteiger partial charge >= 0.3 is 6.09 Å². The van der Waals surface area contributed by atoms with Crippen molar-refractivity contribution < 1.29 is 36.3 Å². The van der Waals surface area contributed by atoms with Gasteiger partial charge in [-0.2, -0.15) is 8.42 Å². The van der Waals surface area contributed by atoms with Gasteiger partial charge in [-0.3, -0.25) is 4.18 Å². The van der Waals surface area contributed by atoms with Crippen molar-refractivity contribution in [3.8, 4) is 5.75 Å². The number of nitrogens with one attached hydrogen (secondary N) is 1. The monoisotopic (exact) mass is 503 g/mol. The molecule has 34 heavy (non-hydrogen) atoms. The van der Waals surface area contributed by atoms with Crippen molar-refractivity contribution in [3.05, 3.63) is 29.8 Å². The molecule has 10 heteroatoms. The molecule has 0 unspecified atom stereocenters. The fourth-order valence-corrected chi connectivity index (χ4v) is 3.17. The van der Waals surface area contributed by atoms with Gasteiger partial charge in [0.05, 0.1) is 26.1 Å². The number of benzene rings is 1. The molecule has 1 rings (SSSR count). The third-order valence-electron chi connectivity index (χ3n) is 4.28. The molecule has 1 amide bonds. The van der Waals surface area contributed by atoms with Gasteiger partial charge in [0, 0.05) is 26.4 Å². The molecule has 0 fully saturated rings. The highest BCUT2D eigenvalue weighted by Gasteiger charge is 2.15. The lowest BCUT2D eigenvalue weighted by Crippen LogP contribution is -2.33. The highest BCUT2D eigenvalue weighted by atomic mass is 32.2. The lowest BCUT2D eigenvalue weighted by molar-refractivity contribution is 0.0528. The van der Waals surface area contributed by atoms with Crippen molar-refractivity contribution in [1.29, 1.82) is 0 Å². The molecule has 0 aliphatic heterocycles. The van der Waals surface area contributed by atoms with E-state index in [0.717, 1.165) is 43.3 Å². The Morgan fingerprint density at radius 2 is 1.59 bits per heavy atom. The number of ether oxygens (including phenoxy) is 4. The molecular formula is C24H41NO8S. The van der Waals surface area contributed by atoms with Crippen LogP contribution in [0.25, 0.3) is 0 Å². The topological polar surface area (TPSA) is 109 Å². The average molecular weight is 504 g/mol. The highest BCUT2D eigenvalue weighted by Crippen LogP contribution is 2.14. The van der Waals surface area contributed by atoms with E-state index < -0.39 is 21.8 Å². The van der Waals surface area contributed by atoms with E-state index in [-0.39, 0.29) is 13.2 Å². The summed E-state index contributed by atoms with van der Waals surface area (Å²) in [4.78, 5) is 11.7. The highest BCUT2D eigenvalue weighted by molar-refractivity contribution is 7.85. The summed E-state index contributed by atoms with van der Waals surface area (Å²) in [6, 6.07) is 7.89. The second kappa shape index (κ2) is 16.7. The maximum absolute atomic E-state index is 11.7. The molecule has 1 aromatic rings. The van der Waals surface area contributed by atoms with Crippen LogP contribution in [-0.4, -0.2) is 72.6 Å². The van der Waals surface area contributed by atoms with Crippen LogP contribution in [0.3, 0.4) is 0 Å². The molecular weight excluding hydrogens is 462 g/mol. The number of hydrogen-bond acceptors (Lipinski definition) is 8. The van der Waals surface area contributed by atoms with Crippen molar-refractivity contribution >= 4 is 16.2 Å². The van der Waals surface area contributed by atoms with Gasteiger partial charge in [-0.15, -0.1) is 0 Å². The fraction of sp³-hybridized carbons (Fsp3) is 0.708. The summed E-state index contributed by atoms with van der Waals surface area (Å²) in [5.74, 6) is 0.827. The summed E-state index contributed by atoms with van der Waals surface area (Å²) >= 11 is 0. The molecule has 1 N–H and O–H groups in total. The smallest absolute Gasteiger partial charge is 0.407 e. The van der Waals surface area contributed by atoms with Crippen molar-refractivity contribution in [3.63, 3.8) is 0 Å². The van der Waals surface area contributed by atoms with E-state index in [2.05, 4.69) is 9.50 Å². The van der Waals surface area contributed by atoms with Gasteiger partial charge in [-0.25, -0.2) is 4.79 Å². The summed E-state index contributed by atoms with van der Waals surface area (Å²) in [5.41, 5.74) is 0.591. The first-order valence-corrected chi connectivity index (χ1v) is 13.6. The van der Waals surface area contributed by atoms with Gasteiger partial charge < -0.3 is 24.3 Å². The maximum Gasteiger partial charge on any atom is 0.407 e. The summed E-state index contributed by atoms with van der Waals surface area (Å²) in [7, 11) is -3.40. The molecule has 0 bridgehead atoms. The normalized spacial score (nSPS) is 11.9. The van der Waals surface area contributed by atoms with Crippen LogP contribution in [0.2, 0.25) is 0 Å². The molecule has 0 spiro atoms. The Morgan fingerprint density at radius 1 is 0.912 bits per heavy atom. The number of hydrogen-bond donors (Lipinski definition) is 1. The van der Waals surface area contributed by atoms with Gasteiger partial charge in [-0.1, -0.05) is 12.1 Å². The Morgan fingerprint density at radius 3 is 2.29 bits per heavy atom. The van der Waals surface area contributed by atoms with Gasteiger partial charge in [0.25, 0.3) is 10.1 Å². The number of alkyl carbamates (subject to hydrolysis) is 1. The molecule has 0 heterocycles. The number of carbonyl (C=O) groups excluding carboxylic acids is 1. The maximum atomic E-state index is 11.7. The van der Waals surface area contributed by atoms with E-state index in [1.54, 1.807) is 0 Å². The van der Waals surface area contributed by atoms with Gasteiger partial charge in [0.15, 0.2) is 0 Å². The predicted molar refractivity (Wildman–Crippen MR) is 131 cm³/mol. The molecule has 0 aliphatic carbocycles. The summed E-state index contributed by atoms with van der Waals surface area (Å²) in [6.07, 6.45) is 4.98. The van der Waals surface area contributed by atoms with Gasteiger partial charge in [-0.05, 0) is 70.6 Å². The standard InChI is InChI=1S/C24H41NO8S/c1-24(2,3)33-23(26)25-13-12-21-10-8-11-22(20-21)31-17-7-5-6-14-29-15-9-16-30-18-19-32-34(4,27)28/h8,10-11,20H,5-7,9,12-19H2,1-4H3,(H,25,26). The molecule has 196 valence electrons. The van der Waals surface area contributed by atoms with Gasteiger partial charge in [0.2, 0.25) is 0 Å². The first-order chi connectivity index (χ1) is 16.1. The van der Waals surface area contributed by atoms with E-state index >= 15 is 0 Å². The number of unbranched alkanes of at least 4 members (excludes halogenated alkanes) is 2. The molecule has 0 aliphatic rings. The lowest BCUT2D eigenvalue weighted by atomic mass is 10.1. The van der Waals surface area contributed by atoms with Crippen molar-refractivity contribution in [2.75, 3.05) is 52.4 Å². The molecule has 0 atom stereocenters. The molecule has 0 saturated carbocycles. The molecule has 9 nitrogen and oxygen atoms in total. The molecule has 1 aromatic carbocycles. The van der Waals surface area contributed by atoms with E-state index in [0.29, 0.717) is 39.4 Å². The largest absolute Gasteiger partial charge is 0.494 e. The van der Waals surface area contributed by atoms with Crippen molar-refractivity contribution in [2.24, 2.45) is 0 Å². The second-order valence-electron chi connectivity index (χ2n) is 8.84. The Kier molecular flexibility index (Phi) is 14.8. The zero-order valence-electron chi connectivity index (χ0n) is 21.0. The van der Waals surface area contributed by atoms with Crippen LogP contribution in [0.4, 0.5) is 4.79 Å². The van der Waals surface area contributed by atoms with E-state index in [4.69, 9.17) is 18.9 Å². The van der Waals surface area contributed by atoms with Crippen molar-refractivity contribution in [1.82, 2.24) is 5.32 Å². The number of amides is 1. The van der Waals surface area contributed by atoms with Crippen LogP contribution in [0.5, 0.6) is 5.75 Å². The minimum Gasteiger partial charge on any atom is -0.494 e.